The van der Waals surface area contributed by atoms with Gasteiger partial charge in [0.05, 0.1) is 11.0 Å². The Morgan fingerprint density at radius 2 is 0.673 bits per heavy atom. The van der Waals surface area contributed by atoms with Crippen LogP contribution in [0.2, 0.25) is 0 Å². The molecule has 8 aromatic carbocycles. The molecule has 0 N–H and O–H groups in total. The van der Waals surface area contributed by atoms with Crippen LogP contribution in [0.4, 0.5) is 0 Å². The normalized spacial score (nSPS) is 11.3. The van der Waals surface area contributed by atoms with Crippen molar-refractivity contribution in [2.24, 2.45) is 0 Å². The lowest BCUT2D eigenvalue weighted by molar-refractivity contribution is 1.07. The van der Waals surface area contributed by atoms with Crippen LogP contribution in [0.15, 0.2) is 206 Å². The molecule has 0 bridgehead atoms. The second-order valence-electron chi connectivity index (χ2n) is 13.7. The zero-order chi connectivity index (χ0) is 36.6. The highest BCUT2D eigenvalue weighted by Gasteiger charge is 2.17. The van der Waals surface area contributed by atoms with Crippen LogP contribution in [0.25, 0.3) is 95.0 Å². The molecule has 258 valence electrons. The molecule has 0 amide bonds. The van der Waals surface area contributed by atoms with E-state index >= 15 is 0 Å². The van der Waals surface area contributed by atoms with Crippen LogP contribution in [-0.4, -0.2) is 19.5 Å². The van der Waals surface area contributed by atoms with Crippen molar-refractivity contribution in [3.05, 3.63) is 206 Å². The Hall–Kier alpha value is -7.43. The lowest BCUT2D eigenvalue weighted by Crippen LogP contribution is -2.01. The smallest absolute Gasteiger partial charge is 0.164 e. The average Bonchev–Trinajstić information content (AvgIpc) is 3.61. The summed E-state index contributed by atoms with van der Waals surface area (Å²) < 4.78 is 2.35. The van der Waals surface area contributed by atoms with Gasteiger partial charge in [0, 0.05) is 33.2 Å². The third-order valence-electron chi connectivity index (χ3n) is 10.3. The first kappa shape index (κ1) is 32.2. The summed E-state index contributed by atoms with van der Waals surface area (Å²) in [4.78, 5) is 15.3. The minimum atomic E-state index is 0.620. The van der Waals surface area contributed by atoms with Gasteiger partial charge in [-0.1, -0.05) is 176 Å². The van der Waals surface area contributed by atoms with Crippen LogP contribution in [0.3, 0.4) is 0 Å². The van der Waals surface area contributed by atoms with Crippen LogP contribution in [0.1, 0.15) is 0 Å². The van der Waals surface area contributed by atoms with Crippen molar-refractivity contribution in [1.29, 1.82) is 0 Å². The van der Waals surface area contributed by atoms with Gasteiger partial charge in [0.1, 0.15) is 0 Å². The molecule has 0 radical (unpaired) electrons. The Labute approximate surface area is 319 Å². The fourth-order valence-corrected chi connectivity index (χ4v) is 7.52. The third kappa shape index (κ3) is 6.16. The molecule has 10 rings (SSSR count). The predicted molar refractivity (Wildman–Crippen MR) is 227 cm³/mol. The number of benzene rings is 8. The Bertz CT molecular complexity index is 2950. The van der Waals surface area contributed by atoms with Crippen LogP contribution in [-0.2, 0) is 0 Å². The summed E-state index contributed by atoms with van der Waals surface area (Å²) in [6, 6.07) is 72.3. The van der Waals surface area contributed by atoms with E-state index in [9.17, 15) is 0 Å². The van der Waals surface area contributed by atoms with Gasteiger partial charge >= 0.3 is 0 Å². The SMILES string of the molecule is c1ccc(-c2ccc(-c3cccc(-c4nc(-c5ccccc5)nc(-c5cccc(-n6c7ccccc7c7ccc(-c8ccccc8)cc76)c5)n4)c3)cc2)cc1. The number of aromatic nitrogens is 4. The molecular formula is C51H34N4. The second-order valence-corrected chi connectivity index (χ2v) is 13.7. The number of hydrogen-bond donors (Lipinski definition) is 0. The average molecular weight is 703 g/mol. The van der Waals surface area contributed by atoms with E-state index < -0.39 is 0 Å². The molecule has 4 nitrogen and oxygen atoms in total. The van der Waals surface area contributed by atoms with Gasteiger partial charge in [-0.05, 0) is 63.7 Å². The van der Waals surface area contributed by atoms with E-state index in [4.69, 9.17) is 15.0 Å². The van der Waals surface area contributed by atoms with Crippen molar-refractivity contribution in [3.8, 4) is 73.2 Å². The van der Waals surface area contributed by atoms with Crippen molar-refractivity contribution in [2.75, 3.05) is 0 Å². The van der Waals surface area contributed by atoms with Crippen LogP contribution in [0.5, 0.6) is 0 Å². The van der Waals surface area contributed by atoms with Crippen molar-refractivity contribution in [2.45, 2.75) is 0 Å². The first-order chi connectivity index (χ1) is 27.2. The quantitative estimate of drug-likeness (QED) is 0.166. The largest absolute Gasteiger partial charge is 0.309 e. The maximum Gasteiger partial charge on any atom is 0.164 e. The summed E-state index contributed by atoms with van der Waals surface area (Å²) in [6.45, 7) is 0. The van der Waals surface area contributed by atoms with Gasteiger partial charge in [-0.2, -0.15) is 0 Å². The highest BCUT2D eigenvalue weighted by molar-refractivity contribution is 6.10. The third-order valence-corrected chi connectivity index (χ3v) is 10.3. The van der Waals surface area contributed by atoms with Crippen LogP contribution in [0, 0.1) is 0 Å². The summed E-state index contributed by atoms with van der Waals surface area (Å²) in [5.74, 6) is 1.88. The van der Waals surface area contributed by atoms with Crippen molar-refractivity contribution >= 4 is 21.8 Å². The number of rotatable bonds is 7. The highest BCUT2D eigenvalue weighted by atomic mass is 15.0. The summed E-state index contributed by atoms with van der Waals surface area (Å²) in [5, 5.41) is 2.43. The Kier molecular flexibility index (Phi) is 8.12. The molecule has 0 spiro atoms. The summed E-state index contributed by atoms with van der Waals surface area (Å²) in [7, 11) is 0. The monoisotopic (exact) mass is 702 g/mol. The fourth-order valence-electron chi connectivity index (χ4n) is 7.52. The van der Waals surface area contributed by atoms with E-state index in [2.05, 4.69) is 174 Å². The topological polar surface area (TPSA) is 43.6 Å². The number of para-hydroxylation sites is 1. The molecule has 0 unspecified atom stereocenters. The summed E-state index contributed by atoms with van der Waals surface area (Å²) in [6.07, 6.45) is 0. The molecule has 2 aromatic heterocycles. The van der Waals surface area contributed by atoms with Crippen molar-refractivity contribution < 1.29 is 0 Å². The molecular weight excluding hydrogens is 669 g/mol. The number of hydrogen-bond acceptors (Lipinski definition) is 3. The lowest BCUT2D eigenvalue weighted by Gasteiger charge is -2.12. The van der Waals surface area contributed by atoms with Gasteiger partial charge in [0.2, 0.25) is 0 Å². The molecule has 0 aliphatic carbocycles. The summed E-state index contributed by atoms with van der Waals surface area (Å²) in [5.41, 5.74) is 13.1. The fraction of sp³-hybridized carbons (Fsp3) is 0. The van der Waals surface area contributed by atoms with Gasteiger partial charge in [0.15, 0.2) is 17.5 Å². The van der Waals surface area contributed by atoms with E-state index in [-0.39, 0.29) is 0 Å². The van der Waals surface area contributed by atoms with Gasteiger partial charge in [-0.25, -0.2) is 15.0 Å². The molecule has 0 atom stereocenters. The second kappa shape index (κ2) is 13.8. The summed E-state index contributed by atoms with van der Waals surface area (Å²) >= 11 is 0. The van der Waals surface area contributed by atoms with Crippen LogP contribution < -0.4 is 0 Å². The molecule has 10 aromatic rings. The Morgan fingerprint density at radius 1 is 0.255 bits per heavy atom. The lowest BCUT2D eigenvalue weighted by atomic mass is 9.99. The molecule has 55 heavy (non-hydrogen) atoms. The molecule has 2 heterocycles. The Balaban J connectivity index is 1.09. The first-order valence-electron chi connectivity index (χ1n) is 18.5. The van der Waals surface area contributed by atoms with E-state index in [1.165, 1.54) is 33.0 Å². The van der Waals surface area contributed by atoms with Gasteiger partial charge in [0.25, 0.3) is 0 Å². The maximum atomic E-state index is 5.16. The van der Waals surface area contributed by atoms with Gasteiger partial charge in [-0.3, -0.25) is 0 Å². The van der Waals surface area contributed by atoms with Crippen LogP contribution >= 0.6 is 0 Å². The molecule has 0 saturated carbocycles. The van der Waals surface area contributed by atoms with E-state index in [0.717, 1.165) is 44.5 Å². The predicted octanol–water partition coefficient (Wildman–Crippen LogP) is 13.0. The van der Waals surface area contributed by atoms with Crippen molar-refractivity contribution in [1.82, 2.24) is 19.5 Å². The molecule has 4 heteroatoms. The molecule has 0 fully saturated rings. The van der Waals surface area contributed by atoms with E-state index in [1.807, 2.05) is 36.4 Å². The van der Waals surface area contributed by atoms with Gasteiger partial charge in [-0.15, -0.1) is 0 Å². The molecule has 0 saturated heterocycles. The van der Waals surface area contributed by atoms with E-state index in [0.29, 0.717) is 17.5 Å². The standard InChI is InChI=1S/C51H34N4/c1-4-14-35(15-5-1)37-26-28-38(29-27-37)40-20-12-21-42(32-40)50-52-49(39-18-8-3-9-19-39)53-51(54-50)43-22-13-23-44(33-43)55-47-25-11-10-24-45(47)46-31-30-41(34-48(46)55)36-16-6-2-7-17-36/h1-34H. The Morgan fingerprint density at radius 3 is 1.35 bits per heavy atom. The minimum absolute atomic E-state index is 0.620. The zero-order valence-electron chi connectivity index (χ0n) is 29.9. The maximum absolute atomic E-state index is 5.16. The van der Waals surface area contributed by atoms with Crippen molar-refractivity contribution in [3.63, 3.8) is 0 Å². The highest BCUT2D eigenvalue weighted by Crippen LogP contribution is 2.36. The zero-order valence-corrected chi connectivity index (χ0v) is 29.9. The first-order valence-corrected chi connectivity index (χ1v) is 18.5. The molecule has 0 aliphatic rings. The minimum Gasteiger partial charge on any atom is -0.309 e. The number of nitrogens with zero attached hydrogens (tertiary/aromatic N) is 4. The van der Waals surface area contributed by atoms with E-state index in [1.54, 1.807) is 0 Å². The van der Waals surface area contributed by atoms with Gasteiger partial charge < -0.3 is 4.57 Å². The molecule has 0 aliphatic heterocycles. The number of fused-ring (bicyclic) bond motifs is 3.